The van der Waals surface area contributed by atoms with Crippen molar-refractivity contribution in [2.75, 3.05) is 13.2 Å². The zero-order valence-electron chi connectivity index (χ0n) is 9.03. The molecule has 0 spiro atoms. The highest BCUT2D eigenvalue weighted by molar-refractivity contribution is 5.44. The SMILES string of the molecule is CCC[C@H](N)c1ccc2c(c1)OCCO2. The van der Waals surface area contributed by atoms with E-state index in [0.717, 1.165) is 29.9 Å². The Balaban J connectivity index is 2.20. The molecule has 0 saturated carbocycles. The van der Waals surface area contributed by atoms with Crippen molar-refractivity contribution in [2.24, 2.45) is 5.73 Å². The number of nitrogens with two attached hydrogens (primary N) is 1. The summed E-state index contributed by atoms with van der Waals surface area (Å²) in [5.41, 5.74) is 7.17. The maximum absolute atomic E-state index is 6.04. The predicted octanol–water partition coefficient (Wildman–Crippen LogP) is 2.26. The molecule has 0 saturated heterocycles. The van der Waals surface area contributed by atoms with Crippen LogP contribution in [-0.4, -0.2) is 13.2 Å². The van der Waals surface area contributed by atoms with Crippen molar-refractivity contribution < 1.29 is 9.47 Å². The first-order valence-corrected chi connectivity index (χ1v) is 5.46. The molecule has 0 fully saturated rings. The van der Waals surface area contributed by atoms with Gasteiger partial charge in [-0.25, -0.2) is 0 Å². The minimum absolute atomic E-state index is 0.103. The number of ether oxygens (including phenoxy) is 2. The quantitative estimate of drug-likeness (QED) is 0.826. The van der Waals surface area contributed by atoms with Crippen LogP contribution in [0.4, 0.5) is 0 Å². The molecule has 2 N–H and O–H groups in total. The molecule has 2 rings (SSSR count). The van der Waals surface area contributed by atoms with Gasteiger partial charge in [0, 0.05) is 6.04 Å². The van der Waals surface area contributed by atoms with E-state index in [1.807, 2.05) is 18.2 Å². The van der Waals surface area contributed by atoms with Gasteiger partial charge in [-0.1, -0.05) is 19.4 Å². The fourth-order valence-corrected chi connectivity index (χ4v) is 1.77. The molecule has 1 heterocycles. The monoisotopic (exact) mass is 207 g/mol. The molecule has 0 unspecified atom stereocenters. The lowest BCUT2D eigenvalue weighted by Gasteiger charge is -2.20. The fourth-order valence-electron chi connectivity index (χ4n) is 1.77. The molecule has 0 radical (unpaired) electrons. The number of hydrogen-bond donors (Lipinski definition) is 1. The van der Waals surface area contributed by atoms with Gasteiger partial charge in [0.2, 0.25) is 0 Å². The molecule has 0 aromatic heterocycles. The molecule has 0 amide bonds. The third kappa shape index (κ3) is 2.23. The topological polar surface area (TPSA) is 44.5 Å². The molecule has 1 atom stereocenters. The zero-order chi connectivity index (χ0) is 10.7. The van der Waals surface area contributed by atoms with E-state index < -0.39 is 0 Å². The normalized spacial score (nSPS) is 16.1. The van der Waals surface area contributed by atoms with E-state index in [9.17, 15) is 0 Å². The Morgan fingerprint density at radius 2 is 2.00 bits per heavy atom. The largest absolute Gasteiger partial charge is 0.486 e. The molecule has 1 aliphatic rings. The van der Waals surface area contributed by atoms with Gasteiger partial charge in [0.05, 0.1) is 0 Å². The Labute approximate surface area is 90.2 Å². The van der Waals surface area contributed by atoms with Crippen LogP contribution in [0.1, 0.15) is 31.4 Å². The highest BCUT2D eigenvalue weighted by Crippen LogP contribution is 2.32. The molecule has 3 nitrogen and oxygen atoms in total. The summed E-state index contributed by atoms with van der Waals surface area (Å²) in [6.07, 6.45) is 2.09. The Morgan fingerprint density at radius 1 is 1.27 bits per heavy atom. The maximum Gasteiger partial charge on any atom is 0.161 e. The second-order valence-corrected chi connectivity index (χ2v) is 3.80. The van der Waals surface area contributed by atoms with Crippen LogP contribution in [0.2, 0.25) is 0 Å². The van der Waals surface area contributed by atoms with E-state index in [-0.39, 0.29) is 6.04 Å². The fraction of sp³-hybridized carbons (Fsp3) is 0.500. The Hall–Kier alpha value is -1.22. The van der Waals surface area contributed by atoms with E-state index >= 15 is 0 Å². The van der Waals surface area contributed by atoms with Crippen LogP contribution in [0.25, 0.3) is 0 Å². The smallest absolute Gasteiger partial charge is 0.161 e. The van der Waals surface area contributed by atoms with Crippen molar-refractivity contribution in [3.8, 4) is 11.5 Å². The number of rotatable bonds is 3. The zero-order valence-corrected chi connectivity index (χ0v) is 9.03. The second-order valence-electron chi connectivity index (χ2n) is 3.80. The summed E-state index contributed by atoms with van der Waals surface area (Å²) in [5, 5.41) is 0. The average Bonchev–Trinajstić information content (AvgIpc) is 2.29. The van der Waals surface area contributed by atoms with Crippen molar-refractivity contribution in [3.63, 3.8) is 0 Å². The van der Waals surface area contributed by atoms with Gasteiger partial charge < -0.3 is 15.2 Å². The minimum Gasteiger partial charge on any atom is -0.486 e. The van der Waals surface area contributed by atoms with Crippen molar-refractivity contribution in [1.82, 2.24) is 0 Å². The lowest BCUT2D eigenvalue weighted by molar-refractivity contribution is 0.171. The number of fused-ring (bicyclic) bond motifs is 1. The first kappa shape index (κ1) is 10.3. The number of hydrogen-bond acceptors (Lipinski definition) is 3. The predicted molar refractivity (Wildman–Crippen MR) is 59.3 cm³/mol. The molecule has 1 aromatic rings. The van der Waals surface area contributed by atoms with Crippen LogP contribution < -0.4 is 15.2 Å². The van der Waals surface area contributed by atoms with Crippen LogP contribution in [0.3, 0.4) is 0 Å². The first-order valence-electron chi connectivity index (χ1n) is 5.46. The standard InChI is InChI=1S/C12H17NO2/c1-2-3-10(13)9-4-5-11-12(8-9)15-7-6-14-11/h4-5,8,10H,2-3,6-7,13H2,1H3/t10-/m0/s1. The molecule has 0 bridgehead atoms. The molecule has 82 valence electrons. The van der Waals surface area contributed by atoms with Gasteiger partial charge in [-0.3, -0.25) is 0 Å². The van der Waals surface area contributed by atoms with Crippen LogP contribution in [-0.2, 0) is 0 Å². The summed E-state index contributed by atoms with van der Waals surface area (Å²) in [6, 6.07) is 6.06. The summed E-state index contributed by atoms with van der Waals surface area (Å²) in [5.74, 6) is 1.65. The molecule has 1 aliphatic heterocycles. The van der Waals surface area contributed by atoms with Crippen molar-refractivity contribution in [1.29, 1.82) is 0 Å². The first-order chi connectivity index (χ1) is 7.31. The Bertz CT molecular complexity index is 338. The second kappa shape index (κ2) is 4.53. The molecule has 15 heavy (non-hydrogen) atoms. The van der Waals surface area contributed by atoms with E-state index in [1.54, 1.807) is 0 Å². The lowest BCUT2D eigenvalue weighted by Crippen LogP contribution is -2.16. The summed E-state index contributed by atoms with van der Waals surface area (Å²) < 4.78 is 11.0. The Kier molecular flexibility index (Phi) is 3.11. The summed E-state index contributed by atoms with van der Waals surface area (Å²) in [6.45, 7) is 3.39. The molecule has 3 heteroatoms. The van der Waals surface area contributed by atoms with Gasteiger partial charge in [-0.05, 0) is 24.1 Å². The van der Waals surface area contributed by atoms with Gasteiger partial charge >= 0.3 is 0 Å². The van der Waals surface area contributed by atoms with E-state index in [0.29, 0.717) is 13.2 Å². The van der Waals surface area contributed by atoms with Gasteiger partial charge in [-0.2, -0.15) is 0 Å². The maximum atomic E-state index is 6.04. The van der Waals surface area contributed by atoms with Crippen LogP contribution >= 0.6 is 0 Å². The molecular formula is C12H17NO2. The number of benzene rings is 1. The van der Waals surface area contributed by atoms with Gasteiger partial charge in [-0.15, -0.1) is 0 Å². The third-order valence-electron chi connectivity index (χ3n) is 2.59. The van der Waals surface area contributed by atoms with Crippen LogP contribution in [0.15, 0.2) is 18.2 Å². The van der Waals surface area contributed by atoms with Gasteiger partial charge in [0.1, 0.15) is 13.2 Å². The average molecular weight is 207 g/mol. The van der Waals surface area contributed by atoms with E-state index in [2.05, 4.69) is 6.92 Å². The van der Waals surface area contributed by atoms with Gasteiger partial charge in [0.15, 0.2) is 11.5 Å². The highest BCUT2D eigenvalue weighted by Gasteiger charge is 2.13. The van der Waals surface area contributed by atoms with E-state index in [1.165, 1.54) is 0 Å². The lowest BCUT2D eigenvalue weighted by atomic mass is 10.0. The summed E-state index contributed by atoms with van der Waals surface area (Å²) in [4.78, 5) is 0. The molecular weight excluding hydrogens is 190 g/mol. The van der Waals surface area contributed by atoms with Crippen LogP contribution in [0, 0.1) is 0 Å². The van der Waals surface area contributed by atoms with Gasteiger partial charge in [0.25, 0.3) is 0 Å². The van der Waals surface area contributed by atoms with Crippen molar-refractivity contribution in [2.45, 2.75) is 25.8 Å². The molecule has 0 aliphatic carbocycles. The van der Waals surface area contributed by atoms with Crippen LogP contribution in [0.5, 0.6) is 11.5 Å². The van der Waals surface area contributed by atoms with Crippen molar-refractivity contribution >= 4 is 0 Å². The van der Waals surface area contributed by atoms with Crippen molar-refractivity contribution in [3.05, 3.63) is 23.8 Å². The highest BCUT2D eigenvalue weighted by atomic mass is 16.6. The minimum atomic E-state index is 0.103. The van der Waals surface area contributed by atoms with E-state index in [4.69, 9.17) is 15.2 Å². The molecule has 1 aromatic carbocycles. The summed E-state index contributed by atoms with van der Waals surface area (Å²) >= 11 is 0. The summed E-state index contributed by atoms with van der Waals surface area (Å²) in [7, 11) is 0. The third-order valence-corrected chi connectivity index (χ3v) is 2.59. The Morgan fingerprint density at radius 3 is 2.73 bits per heavy atom.